The fourth-order valence-corrected chi connectivity index (χ4v) is 6.90. The zero-order chi connectivity index (χ0) is 31.1. The number of benzene rings is 3. The highest BCUT2D eigenvalue weighted by molar-refractivity contribution is 6.34. The number of hydrogen-bond acceptors (Lipinski definition) is 6. The standard InChI is InChI=1S/C34H37ClF2N2O5/c1-33(41)13-11-21(12-14-33)39-19-34(20-6-3-2-4-7-20)17-24-27(44-34)16-25(36)30(35)28(24)29-23(32(38)40)9-10-26(31(29)37)43-18-22-8-5-15-42-22/h2-4,6-7,9-10,16,21-22,39,41H,5,8,11-15,17-19H2,1H3,(H2,38,40)/t21?,22-,33?,34-/m1/s1. The lowest BCUT2D eigenvalue weighted by atomic mass is 9.82. The molecule has 0 bridgehead atoms. The number of nitrogens with one attached hydrogen (secondary N) is 1. The first kappa shape index (κ1) is 30.8. The summed E-state index contributed by atoms with van der Waals surface area (Å²) < 4.78 is 49.9. The monoisotopic (exact) mass is 626 g/mol. The number of primary amides is 1. The maximum atomic E-state index is 16.4. The third-order valence-electron chi connectivity index (χ3n) is 9.16. The van der Waals surface area contributed by atoms with Crippen molar-refractivity contribution in [1.82, 2.24) is 5.32 Å². The molecule has 234 valence electrons. The number of carbonyl (C=O) groups excluding carboxylic acids is 1. The van der Waals surface area contributed by atoms with Crippen molar-refractivity contribution in [1.29, 1.82) is 0 Å². The van der Waals surface area contributed by atoms with Gasteiger partial charge >= 0.3 is 0 Å². The van der Waals surface area contributed by atoms with Crippen LogP contribution in [0.3, 0.4) is 0 Å². The summed E-state index contributed by atoms with van der Waals surface area (Å²) in [6.07, 6.45) is 4.68. The van der Waals surface area contributed by atoms with Crippen LogP contribution in [0.2, 0.25) is 5.02 Å². The Kier molecular flexibility index (Phi) is 8.58. The number of amides is 1. The molecule has 1 saturated carbocycles. The van der Waals surface area contributed by atoms with Crippen LogP contribution in [-0.4, -0.2) is 48.5 Å². The van der Waals surface area contributed by atoms with Crippen molar-refractivity contribution < 1.29 is 32.9 Å². The highest BCUT2D eigenvalue weighted by Crippen LogP contribution is 2.50. The van der Waals surface area contributed by atoms with Gasteiger partial charge in [-0.3, -0.25) is 4.79 Å². The summed E-state index contributed by atoms with van der Waals surface area (Å²) in [5, 5.41) is 13.7. The first-order chi connectivity index (χ1) is 21.1. The lowest BCUT2D eigenvalue weighted by molar-refractivity contribution is 0.0104. The number of ether oxygens (including phenoxy) is 3. The van der Waals surface area contributed by atoms with Gasteiger partial charge in [0.1, 0.15) is 18.2 Å². The minimum absolute atomic E-state index is 0.0158. The van der Waals surface area contributed by atoms with Crippen LogP contribution in [0.4, 0.5) is 8.78 Å². The van der Waals surface area contributed by atoms with Gasteiger partial charge in [0.05, 0.1) is 22.3 Å². The van der Waals surface area contributed by atoms with Crippen molar-refractivity contribution in [3.05, 3.63) is 81.9 Å². The molecule has 3 aromatic carbocycles. The zero-order valence-corrected chi connectivity index (χ0v) is 25.4. The second kappa shape index (κ2) is 12.3. The molecule has 44 heavy (non-hydrogen) atoms. The molecular weight excluding hydrogens is 590 g/mol. The summed E-state index contributed by atoms with van der Waals surface area (Å²) in [6.45, 7) is 2.97. The Morgan fingerprint density at radius 3 is 2.57 bits per heavy atom. The van der Waals surface area contributed by atoms with Crippen LogP contribution in [0.15, 0.2) is 48.5 Å². The van der Waals surface area contributed by atoms with E-state index in [1.54, 1.807) is 0 Å². The summed E-state index contributed by atoms with van der Waals surface area (Å²) in [6, 6.07) is 13.6. The van der Waals surface area contributed by atoms with Gasteiger partial charge in [-0.2, -0.15) is 0 Å². The van der Waals surface area contributed by atoms with Gasteiger partial charge in [0.25, 0.3) is 0 Å². The fourth-order valence-electron chi connectivity index (χ4n) is 6.63. The van der Waals surface area contributed by atoms with Gasteiger partial charge in [0, 0.05) is 48.4 Å². The molecule has 1 amide bonds. The highest BCUT2D eigenvalue weighted by Gasteiger charge is 2.45. The van der Waals surface area contributed by atoms with E-state index in [1.807, 2.05) is 37.3 Å². The van der Waals surface area contributed by atoms with E-state index in [2.05, 4.69) is 5.32 Å². The van der Waals surface area contributed by atoms with E-state index < -0.39 is 28.7 Å². The van der Waals surface area contributed by atoms with E-state index >= 15 is 8.78 Å². The molecule has 6 rings (SSSR count). The van der Waals surface area contributed by atoms with Crippen LogP contribution in [0.25, 0.3) is 11.1 Å². The molecule has 7 nitrogen and oxygen atoms in total. The van der Waals surface area contributed by atoms with Gasteiger partial charge in [-0.1, -0.05) is 41.9 Å². The first-order valence-electron chi connectivity index (χ1n) is 15.2. The number of carbonyl (C=O) groups is 1. The number of hydrogen-bond donors (Lipinski definition) is 3. The summed E-state index contributed by atoms with van der Waals surface area (Å²) >= 11 is 6.61. The van der Waals surface area contributed by atoms with Gasteiger partial charge in [-0.25, -0.2) is 8.78 Å². The molecule has 2 heterocycles. The van der Waals surface area contributed by atoms with Gasteiger partial charge in [0.2, 0.25) is 5.91 Å². The van der Waals surface area contributed by atoms with Gasteiger partial charge in [0.15, 0.2) is 17.2 Å². The average molecular weight is 627 g/mol. The van der Waals surface area contributed by atoms with Crippen molar-refractivity contribution >= 4 is 17.5 Å². The lowest BCUT2D eigenvalue weighted by Gasteiger charge is -2.36. The Bertz CT molecular complexity index is 1540. The minimum Gasteiger partial charge on any atom is -0.488 e. The second-order valence-corrected chi connectivity index (χ2v) is 12.8. The van der Waals surface area contributed by atoms with Gasteiger partial charge in [-0.15, -0.1) is 0 Å². The second-order valence-electron chi connectivity index (χ2n) is 12.4. The molecule has 0 radical (unpaired) electrons. The Hall–Kier alpha value is -3.24. The van der Waals surface area contributed by atoms with E-state index in [4.69, 9.17) is 31.5 Å². The molecule has 2 fully saturated rings. The Labute approximate surface area is 260 Å². The molecule has 2 aliphatic heterocycles. The number of nitrogens with two attached hydrogens (primary N) is 1. The summed E-state index contributed by atoms with van der Waals surface area (Å²) in [5.41, 5.74) is 5.01. The Morgan fingerprint density at radius 2 is 1.89 bits per heavy atom. The number of fused-ring (bicyclic) bond motifs is 1. The fraction of sp³-hybridized carbons (Fsp3) is 0.441. The molecule has 3 aliphatic rings. The SMILES string of the molecule is CC1(O)CCC(NC[C@@]2(c3ccccc3)Cc3c(cc(F)c(Cl)c3-c3c(C(N)=O)ccc(OC[C@H]4CCCO4)c3F)O2)CC1. The third kappa shape index (κ3) is 6.03. The molecule has 3 aromatic rings. The van der Waals surface area contributed by atoms with Crippen molar-refractivity contribution in [2.45, 2.75) is 75.2 Å². The maximum absolute atomic E-state index is 16.4. The van der Waals surface area contributed by atoms with Crippen LogP contribution in [0.5, 0.6) is 11.5 Å². The molecule has 1 saturated heterocycles. The minimum atomic E-state index is -0.979. The lowest BCUT2D eigenvalue weighted by Crippen LogP contribution is -2.48. The normalized spacial score (nSPS) is 26.3. The van der Waals surface area contributed by atoms with E-state index in [0.29, 0.717) is 31.6 Å². The molecule has 4 N–H and O–H groups in total. The van der Waals surface area contributed by atoms with Crippen LogP contribution < -0.4 is 20.5 Å². The first-order valence-corrected chi connectivity index (χ1v) is 15.5. The maximum Gasteiger partial charge on any atom is 0.249 e. The number of rotatable bonds is 9. The number of halogens is 3. The smallest absolute Gasteiger partial charge is 0.249 e. The topological polar surface area (TPSA) is 103 Å². The van der Waals surface area contributed by atoms with Crippen molar-refractivity contribution in [2.24, 2.45) is 5.73 Å². The van der Waals surface area contributed by atoms with Gasteiger partial charge in [-0.05, 0) is 63.1 Å². The molecule has 10 heteroatoms. The average Bonchev–Trinajstić information content (AvgIpc) is 3.66. The van der Waals surface area contributed by atoms with Crippen molar-refractivity contribution in [2.75, 3.05) is 19.8 Å². The molecule has 2 atom stereocenters. The zero-order valence-electron chi connectivity index (χ0n) is 24.6. The van der Waals surface area contributed by atoms with Crippen LogP contribution in [0, 0.1) is 11.6 Å². The summed E-state index contributed by atoms with van der Waals surface area (Å²) in [4.78, 5) is 12.6. The van der Waals surface area contributed by atoms with Crippen molar-refractivity contribution in [3.8, 4) is 22.6 Å². The molecule has 1 aliphatic carbocycles. The quantitative estimate of drug-likeness (QED) is 0.267. The Balaban J connectivity index is 1.40. The van der Waals surface area contributed by atoms with E-state index in [0.717, 1.165) is 31.2 Å². The molecule has 0 spiro atoms. The highest BCUT2D eigenvalue weighted by atomic mass is 35.5. The largest absolute Gasteiger partial charge is 0.488 e. The van der Waals surface area contributed by atoms with Crippen LogP contribution in [-0.2, 0) is 16.8 Å². The predicted octanol–water partition coefficient (Wildman–Crippen LogP) is 6.06. The molecule has 0 aromatic heterocycles. The van der Waals surface area contributed by atoms with Crippen LogP contribution in [0.1, 0.15) is 66.9 Å². The Morgan fingerprint density at radius 1 is 1.14 bits per heavy atom. The van der Waals surface area contributed by atoms with Crippen molar-refractivity contribution in [3.63, 3.8) is 0 Å². The van der Waals surface area contributed by atoms with Crippen LogP contribution >= 0.6 is 11.6 Å². The molecule has 0 unspecified atom stereocenters. The summed E-state index contributed by atoms with van der Waals surface area (Å²) in [5.74, 6) is -2.47. The molecular formula is C34H37ClF2N2O5. The third-order valence-corrected chi connectivity index (χ3v) is 9.53. The van der Waals surface area contributed by atoms with Gasteiger partial charge < -0.3 is 30.4 Å². The summed E-state index contributed by atoms with van der Waals surface area (Å²) in [7, 11) is 0. The van der Waals surface area contributed by atoms with E-state index in [-0.39, 0.29) is 58.4 Å². The number of aliphatic hydroxyl groups is 1. The predicted molar refractivity (Wildman–Crippen MR) is 163 cm³/mol. The van der Waals surface area contributed by atoms with E-state index in [1.165, 1.54) is 18.2 Å². The van der Waals surface area contributed by atoms with E-state index in [9.17, 15) is 9.90 Å².